The molecule has 41 heavy (non-hydrogen) atoms. The number of hydrogen-bond donors (Lipinski definition) is 0. The first-order valence-corrected chi connectivity index (χ1v) is 15.9. The fourth-order valence-electron chi connectivity index (χ4n) is 7.47. The lowest BCUT2D eigenvalue weighted by Gasteiger charge is -2.32. The van der Waals surface area contributed by atoms with Gasteiger partial charge in [0.05, 0.1) is 0 Å². The quantitative estimate of drug-likeness (QED) is 0.160. The fraction of sp³-hybridized carbons (Fsp3) is 0.0526. The predicted octanol–water partition coefficient (Wildman–Crippen LogP) is 8.99. The topological polar surface area (TPSA) is 17.1 Å². The monoisotopic (exact) mass is 546 g/mol. The van der Waals surface area contributed by atoms with Crippen LogP contribution in [0.2, 0.25) is 0 Å². The summed E-state index contributed by atoms with van der Waals surface area (Å²) in [6.07, 6.45) is 2.86. The SMILES string of the molecule is O=P(c1cccc(F)c1)(c1ccc2ccc3cccc4ccc1c2c34)C1CC=c2ccc3cccc4ccc1c2c43. The van der Waals surface area contributed by atoms with Gasteiger partial charge in [-0.25, -0.2) is 4.39 Å². The van der Waals surface area contributed by atoms with E-state index in [9.17, 15) is 4.39 Å². The maximum absolute atomic E-state index is 16.2. The molecule has 0 heterocycles. The highest BCUT2D eigenvalue weighted by Gasteiger charge is 2.41. The van der Waals surface area contributed by atoms with Crippen LogP contribution in [0.15, 0.2) is 121 Å². The van der Waals surface area contributed by atoms with Crippen molar-refractivity contribution in [1.82, 2.24) is 0 Å². The van der Waals surface area contributed by atoms with Gasteiger partial charge in [-0.15, -0.1) is 0 Å². The van der Waals surface area contributed by atoms with E-state index in [4.69, 9.17) is 0 Å². The van der Waals surface area contributed by atoms with E-state index < -0.39 is 7.14 Å². The van der Waals surface area contributed by atoms with Gasteiger partial charge in [0.1, 0.15) is 5.82 Å². The predicted molar refractivity (Wildman–Crippen MR) is 172 cm³/mol. The molecule has 0 saturated heterocycles. The van der Waals surface area contributed by atoms with Crippen molar-refractivity contribution in [3.05, 3.63) is 138 Å². The molecule has 2 unspecified atom stereocenters. The van der Waals surface area contributed by atoms with Gasteiger partial charge < -0.3 is 4.57 Å². The Labute approximate surface area is 236 Å². The third kappa shape index (κ3) is 3.09. The molecule has 0 aromatic heterocycles. The molecule has 0 N–H and O–H groups in total. The summed E-state index contributed by atoms with van der Waals surface area (Å²) in [4.78, 5) is 0. The molecule has 0 saturated carbocycles. The largest absolute Gasteiger partial charge is 0.313 e. The third-order valence-corrected chi connectivity index (χ3v) is 12.8. The van der Waals surface area contributed by atoms with Gasteiger partial charge >= 0.3 is 0 Å². The molecule has 0 radical (unpaired) electrons. The van der Waals surface area contributed by atoms with Crippen molar-refractivity contribution in [2.75, 3.05) is 0 Å². The lowest BCUT2D eigenvalue weighted by Crippen LogP contribution is -2.25. The molecule has 1 aliphatic carbocycles. The van der Waals surface area contributed by atoms with Crippen LogP contribution in [0.1, 0.15) is 17.6 Å². The maximum atomic E-state index is 16.2. The molecule has 0 amide bonds. The molecule has 3 heteroatoms. The van der Waals surface area contributed by atoms with E-state index in [0.29, 0.717) is 11.7 Å². The third-order valence-electron chi connectivity index (χ3n) is 9.26. The molecule has 1 aliphatic rings. The summed E-state index contributed by atoms with van der Waals surface area (Å²) in [6, 6.07) is 40.6. The zero-order chi connectivity index (χ0) is 27.3. The van der Waals surface area contributed by atoms with Crippen LogP contribution in [0.5, 0.6) is 0 Å². The maximum Gasteiger partial charge on any atom is 0.151 e. The highest BCUT2D eigenvalue weighted by molar-refractivity contribution is 7.79. The molecular formula is C38H24FOP. The van der Waals surface area contributed by atoms with Crippen LogP contribution in [-0.2, 0) is 4.57 Å². The summed E-state index contributed by atoms with van der Waals surface area (Å²) >= 11 is 0. The van der Waals surface area contributed by atoms with Crippen molar-refractivity contribution in [2.24, 2.45) is 0 Å². The number of hydrogen-bond acceptors (Lipinski definition) is 1. The summed E-state index contributed by atoms with van der Waals surface area (Å²) in [5.41, 5.74) is 0.774. The Kier molecular flexibility index (Phi) is 4.67. The van der Waals surface area contributed by atoms with Crippen molar-refractivity contribution < 1.29 is 8.96 Å². The van der Waals surface area contributed by atoms with Crippen LogP contribution in [0, 0.1) is 5.82 Å². The van der Waals surface area contributed by atoms with E-state index in [0.717, 1.165) is 27.0 Å². The molecule has 1 nitrogen and oxygen atoms in total. The second-order valence-electron chi connectivity index (χ2n) is 11.3. The Morgan fingerprint density at radius 2 is 1.17 bits per heavy atom. The summed E-state index contributed by atoms with van der Waals surface area (Å²) in [7, 11) is -3.42. The standard InChI is InChI=1S/C38H24FOP/c39-29-8-3-9-30(22-29)41(40,33-20-16-27-12-10-23-4-1-6-25-14-18-31(33)37(27)35(23)25)34-21-17-28-13-11-24-5-2-7-26-15-19-32(34)38(28)36(24)26/h1-20,22,34H,21H2. The van der Waals surface area contributed by atoms with Crippen LogP contribution in [-0.4, -0.2) is 0 Å². The summed E-state index contributed by atoms with van der Waals surface area (Å²) in [5, 5.41) is 14.1. The highest BCUT2D eigenvalue weighted by Crippen LogP contribution is 2.62. The smallest absolute Gasteiger partial charge is 0.151 e. The molecule has 0 aliphatic heterocycles. The van der Waals surface area contributed by atoms with E-state index in [1.54, 1.807) is 6.07 Å². The molecule has 194 valence electrons. The molecule has 0 bridgehead atoms. The summed E-state index contributed by atoms with van der Waals surface area (Å²) < 4.78 is 31.1. The van der Waals surface area contributed by atoms with Crippen molar-refractivity contribution in [2.45, 2.75) is 12.1 Å². The second-order valence-corrected chi connectivity index (χ2v) is 14.2. The molecule has 0 spiro atoms. The molecular weight excluding hydrogens is 522 g/mol. The summed E-state index contributed by atoms with van der Waals surface area (Å²) in [6.45, 7) is 0. The number of benzene rings is 8. The van der Waals surface area contributed by atoms with Gasteiger partial charge in [-0.2, -0.15) is 0 Å². The van der Waals surface area contributed by atoms with Crippen LogP contribution >= 0.6 is 7.14 Å². The van der Waals surface area contributed by atoms with E-state index in [1.807, 2.05) is 12.1 Å². The molecule has 2 atom stereocenters. The minimum Gasteiger partial charge on any atom is -0.313 e. The first kappa shape index (κ1) is 23.2. The number of rotatable bonds is 3. The Hall–Kier alpha value is -4.52. The van der Waals surface area contributed by atoms with Crippen molar-refractivity contribution in [1.29, 1.82) is 0 Å². The second kappa shape index (κ2) is 8.26. The van der Waals surface area contributed by atoms with Crippen LogP contribution < -0.4 is 15.8 Å². The molecule has 0 fully saturated rings. The Balaban J connectivity index is 1.41. The Bertz CT molecular complexity index is 2430. The van der Waals surface area contributed by atoms with Gasteiger partial charge in [0.2, 0.25) is 0 Å². The van der Waals surface area contributed by atoms with E-state index >= 15 is 4.57 Å². The van der Waals surface area contributed by atoms with Crippen molar-refractivity contribution >= 4 is 77.7 Å². The lowest BCUT2D eigenvalue weighted by molar-refractivity contribution is 0.578. The zero-order valence-electron chi connectivity index (χ0n) is 22.1. The minimum atomic E-state index is -3.42. The van der Waals surface area contributed by atoms with Crippen LogP contribution in [0.3, 0.4) is 0 Å². The molecule has 8 aromatic carbocycles. The Morgan fingerprint density at radius 1 is 0.585 bits per heavy atom. The first-order chi connectivity index (χ1) is 20.1. The minimum absolute atomic E-state index is 0.314. The van der Waals surface area contributed by atoms with Gasteiger partial charge in [-0.1, -0.05) is 109 Å². The van der Waals surface area contributed by atoms with Gasteiger partial charge in [0.15, 0.2) is 7.14 Å². The fourth-order valence-corrected chi connectivity index (χ4v) is 10.9. The molecule has 9 rings (SSSR count). The average Bonchev–Trinajstić information content (AvgIpc) is 3.02. The van der Waals surface area contributed by atoms with Crippen LogP contribution in [0.25, 0.3) is 59.9 Å². The average molecular weight is 547 g/mol. The van der Waals surface area contributed by atoms with E-state index in [-0.39, 0.29) is 11.5 Å². The zero-order valence-corrected chi connectivity index (χ0v) is 23.0. The van der Waals surface area contributed by atoms with Gasteiger partial charge in [-0.05, 0) is 89.3 Å². The number of halogens is 1. The normalized spacial score (nSPS) is 16.6. The first-order valence-electron chi connectivity index (χ1n) is 14.1. The Morgan fingerprint density at radius 3 is 1.90 bits per heavy atom. The molecule has 8 aromatic rings. The van der Waals surface area contributed by atoms with Gasteiger partial charge in [-0.3, -0.25) is 0 Å². The van der Waals surface area contributed by atoms with E-state index in [1.165, 1.54) is 55.1 Å². The highest BCUT2D eigenvalue weighted by atomic mass is 31.2. The van der Waals surface area contributed by atoms with Gasteiger partial charge in [0.25, 0.3) is 0 Å². The van der Waals surface area contributed by atoms with Crippen molar-refractivity contribution in [3.63, 3.8) is 0 Å². The summed E-state index contributed by atoms with van der Waals surface area (Å²) in [5.74, 6) is -0.363. The van der Waals surface area contributed by atoms with Crippen molar-refractivity contribution in [3.8, 4) is 0 Å². The van der Waals surface area contributed by atoms with Gasteiger partial charge in [0, 0.05) is 16.3 Å². The van der Waals surface area contributed by atoms with Crippen LogP contribution in [0.4, 0.5) is 4.39 Å². The lowest BCUT2D eigenvalue weighted by atomic mass is 9.90. The van der Waals surface area contributed by atoms with E-state index in [2.05, 4.69) is 97.1 Å².